The van der Waals surface area contributed by atoms with Crippen molar-refractivity contribution < 1.29 is 9.18 Å². The Morgan fingerprint density at radius 2 is 2.00 bits per heavy atom. The van der Waals surface area contributed by atoms with Crippen LogP contribution in [0.15, 0.2) is 24.3 Å². The zero-order valence-corrected chi connectivity index (χ0v) is 8.26. The lowest BCUT2D eigenvalue weighted by Gasteiger charge is -2.22. The molecule has 0 aromatic heterocycles. The standard InChI is InChI=1S/C10H10FNO.ClH/c11-9-7-4-2-1-3-6(7)5-8(12)10(9)13;/h1-4,8-9H,5,12H2;1H. The highest BCUT2D eigenvalue weighted by molar-refractivity contribution is 5.91. The van der Waals surface area contributed by atoms with E-state index in [1.54, 1.807) is 12.1 Å². The van der Waals surface area contributed by atoms with E-state index < -0.39 is 18.0 Å². The van der Waals surface area contributed by atoms with Crippen LogP contribution in [0.1, 0.15) is 17.3 Å². The maximum Gasteiger partial charge on any atom is 0.188 e. The van der Waals surface area contributed by atoms with Crippen LogP contribution in [0.4, 0.5) is 4.39 Å². The minimum Gasteiger partial charge on any atom is -0.321 e. The Hall–Kier alpha value is -0.930. The summed E-state index contributed by atoms with van der Waals surface area (Å²) >= 11 is 0. The maximum absolute atomic E-state index is 13.4. The SMILES string of the molecule is Cl.NC1Cc2ccccc2C(F)C1=O. The summed E-state index contributed by atoms with van der Waals surface area (Å²) in [6, 6.07) is 6.34. The lowest BCUT2D eigenvalue weighted by molar-refractivity contribution is -0.125. The molecule has 0 saturated carbocycles. The number of Topliss-reactive ketones (excluding diaryl/α,β-unsaturated/α-hetero) is 1. The fourth-order valence-electron chi connectivity index (χ4n) is 1.65. The number of carbonyl (C=O) groups is 1. The normalized spacial score (nSPS) is 25.1. The fraction of sp³-hybridized carbons (Fsp3) is 0.300. The van der Waals surface area contributed by atoms with Crippen molar-refractivity contribution in [3.05, 3.63) is 35.4 Å². The van der Waals surface area contributed by atoms with Crippen molar-refractivity contribution in [3.8, 4) is 0 Å². The van der Waals surface area contributed by atoms with Crippen molar-refractivity contribution >= 4 is 18.2 Å². The predicted molar refractivity (Wildman–Crippen MR) is 54.2 cm³/mol. The highest BCUT2D eigenvalue weighted by Gasteiger charge is 2.32. The van der Waals surface area contributed by atoms with E-state index in [2.05, 4.69) is 0 Å². The second-order valence-corrected chi connectivity index (χ2v) is 3.27. The number of hydrogen-bond donors (Lipinski definition) is 1. The number of alkyl halides is 1. The van der Waals surface area contributed by atoms with Gasteiger partial charge in [0.2, 0.25) is 0 Å². The smallest absolute Gasteiger partial charge is 0.188 e. The van der Waals surface area contributed by atoms with Gasteiger partial charge in [0.05, 0.1) is 6.04 Å². The van der Waals surface area contributed by atoms with Gasteiger partial charge < -0.3 is 5.73 Å². The minimum atomic E-state index is -1.53. The lowest BCUT2D eigenvalue weighted by atomic mass is 9.86. The van der Waals surface area contributed by atoms with Crippen LogP contribution in [0.3, 0.4) is 0 Å². The molecule has 2 unspecified atom stereocenters. The molecular weight excluding hydrogens is 205 g/mol. The lowest BCUT2D eigenvalue weighted by Crippen LogP contribution is -2.39. The van der Waals surface area contributed by atoms with Crippen molar-refractivity contribution in [2.24, 2.45) is 5.73 Å². The van der Waals surface area contributed by atoms with Crippen LogP contribution >= 0.6 is 12.4 Å². The van der Waals surface area contributed by atoms with Gasteiger partial charge in [0, 0.05) is 0 Å². The van der Waals surface area contributed by atoms with Gasteiger partial charge in [0.1, 0.15) is 0 Å². The maximum atomic E-state index is 13.4. The van der Waals surface area contributed by atoms with E-state index in [0.29, 0.717) is 12.0 Å². The molecule has 0 bridgehead atoms. The van der Waals surface area contributed by atoms with Gasteiger partial charge in [-0.3, -0.25) is 4.79 Å². The summed E-state index contributed by atoms with van der Waals surface area (Å²) in [6.45, 7) is 0. The summed E-state index contributed by atoms with van der Waals surface area (Å²) in [5, 5.41) is 0. The third-order valence-electron chi connectivity index (χ3n) is 2.38. The Morgan fingerprint density at radius 1 is 1.36 bits per heavy atom. The van der Waals surface area contributed by atoms with E-state index in [1.165, 1.54) is 0 Å². The number of rotatable bonds is 0. The number of benzene rings is 1. The monoisotopic (exact) mass is 215 g/mol. The molecule has 0 fully saturated rings. The van der Waals surface area contributed by atoms with Gasteiger partial charge >= 0.3 is 0 Å². The molecule has 2 N–H and O–H groups in total. The molecular formula is C10H11ClFNO. The van der Waals surface area contributed by atoms with Crippen LogP contribution in [-0.4, -0.2) is 11.8 Å². The summed E-state index contributed by atoms with van der Waals surface area (Å²) in [5.41, 5.74) is 6.82. The molecule has 1 aromatic carbocycles. The van der Waals surface area contributed by atoms with E-state index in [4.69, 9.17) is 5.73 Å². The van der Waals surface area contributed by atoms with Crippen molar-refractivity contribution in [2.75, 3.05) is 0 Å². The van der Waals surface area contributed by atoms with Gasteiger partial charge in [-0.05, 0) is 17.5 Å². The number of nitrogens with two attached hydrogens (primary N) is 1. The molecule has 4 heteroatoms. The quantitative estimate of drug-likeness (QED) is 0.714. The zero-order chi connectivity index (χ0) is 9.42. The third-order valence-corrected chi connectivity index (χ3v) is 2.38. The van der Waals surface area contributed by atoms with Crippen LogP contribution in [0.5, 0.6) is 0 Å². The van der Waals surface area contributed by atoms with Gasteiger partial charge in [0.15, 0.2) is 12.0 Å². The van der Waals surface area contributed by atoms with E-state index in [-0.39, 0.29) is 12.4 Å². The topological polar surface area (TPSA) is 43.1 Å². The summed E-state index contributed by atoms with van der Waals surface area (Å²) < 4.78 is 13.4. The Morgan fingerprint density at radius 3 is 2.71 bits per heavy atom. The minimum absolute atomic E-state index is 0. The second kappa shape index (κ2) is 4.07. The zero-order valence-electron chi connectivity index (χ0n) is 7.44. The van der Waals surface area contributed by atoms with Crippen LogP contribution in [0.2, 0.25) is 0 Å². The first-order valence-corrected chi connectivity index (χ1v) is 4.21. The number of carbonyl (C=O) groups excluding carboxylic acids is 1. The van der Waals surface area contributed by atoms with Gasteiger partial charge in [0.25, 0.3) is 0 Å². The molecule has 0 amide bonds. The first kappa shape index (κ1) is 11.1. The second-order valence-electron chi connectivity index (χ2n) is 3.27. The Bertz CT molecular complexity index is 356. The number of halogens is 2. The van der Waals surface area contributed by atoms with Gasteiger partial charge in [-0.25, -0.2) is 4.39 Å². The largest absolute Gasteiger partial charge is 0.321 e. The molecule has 1 aliphatic rings. The van der Waals surface area contributed by atoms with Crippen molar-refractivity contribution in [3.63, 3.8) is 0 Å². The van der Waals surface area contributed by atoms with E-state index in [1.807, 2.05) is 12.1 Å². The predicted octanol–water partition coefficient (Wildman–Crippen LogP) is 1.57. The number of hydrogen-bond acceptors (Lipinski definition) is 2. The van der Waals surface area contributed by atoms with Crippen LogP contribution < -0.4 is 5.73 Å². The van der Waals surface area contributed by atoms with Crippen molar-refractivity contribution in [2.45, 2.75) is 18.6 Å². The van der Waals surface area contributed by atoms with Crippen LogP contribution in [0.25, 0.3) is 0 Å². The van der Waals surface area contributed by atoms with Crippen LogP contribution in [0, 0.1) is 0 Å². The Labute approximate surface area is 87.7 Å². The highest BCUT2D eigenvalue weighted by atomic mass is 35.5. The molecule has 0 spiro atoms. The molecule has 2 atom stereocenters. The Kier molecular flexibility index (Phi) is 3.24. The molecule has 1 aromatic rings. The van der Waals surface area contributed by atoms with Gasteiger partial charge in [-0.2, -0.15) is 0 Å². The molecule has 0 radical (unpaired) electrons. The molecule has 2 nitrogen and oxygen atoms in total. The highest BCUT2D eigenvalue weighted by Crippen LogP contribution is 2.29. The average Bonchev–Trinajstić information content (AvgIpc) is 2.15. The summed E-state index contributed by atoms with van der Waals surface area (Å²) in [7, 11) is 0. The molecule has 1 aliphatic carbocycles. The van der Waals surface area contributed by atoms with Gasteiger partial charge in [-0.1, -0.05) is 24.3 Å². The molecule has 14 heavy (non-hydrogen) atoms. The average molecular weight is 216 g/mol. The molecule has 0 saturated heterocycles. The summed E-state index contributed by atoms with van der Waals surface area (Å²) in [6.07, 6.45) is -1.07. The van der Waals surface area contributed by atoms with Crippen LogP contribution in [-0.2, 0) is 11.2 Å². The van der Waals surface area contributed by atoms with Crippen molar-refractivity contribution in [1.82, 2.24) is 0 Å². The van der Waals surface area contributed by atoms with Crippen molar-refractivity contribution in [1.29, 1.82) is 0 Å². The molecule has 0 heterocycles. The number of ketones is 1. The Balaban J connectivity index is 0.000000980. The molecule has 0 aliphatic heterocycles. The van der Waals surface area contributed by atoms with Gasteiger partial charge in [-0.15, -0.1) is 12.4 Å². The number of fused-ring (bicyclic) bond motifs is 1. The summed E-state index contributed by atoms with van der Waals surface area (Å²) in [5.74, 6) is -0.501. The molecule has 76 valence electrons. The first-order chi connectivity index (χ1) is 6.20. The van der Waals surface area contributed by atoms with E-state index in [0.717, 1.165) is 5.56 Å². The molecule has 2 rings (SSSR count). The van der Waals surface area contributed by atoms with E-state index in [9.17, 15) is 9.18 Å². The first-order valence-electron chi connectivity index (χ1n) is 4.21. The third kappa shape index (κ3) is 1.65. The van der Waals surface area contributed by atoms with E-state index >= 15 is 0 Å². The summed E-state index contributed by atoms with van der Waals surface area (Å²) in [4.78, 5) is 11.2. The fourth-order valence-corrected chi connectivity index (χ4v) is 1.65.